The van der Waals surface area contributed by atoms with Crippen LogP contribution in [0.25, 0.3) is 0 Å². The average molecular weight is 272 g/mol. The Hall–Kier alpha value is -1.98. The van der Waals surface area contributed by atoms with E-state index < -0.39 is 37.4 Å². The van der Waals surface area contributed by atoms with Crippen LogP contribution >= 0.6 is 0 Å². The highest BCUT2D eigenvalue weighted by Crippen LogP contribution is 2.20. The first-order chi connectivity index (χ1) is 8.27. The maximum Gasteiger partial charge on any atom is 0.272 e. The van der Waals surface area contributed by atoms with Gasteiger partial charge in [0.25, 0.3) is 5.69 Å². The maximum absolute atomic E-state index is 13.5. The van der Waals surface area contributed by atoms with Crippen LogP contribution in [-0.4, -0.2) is 19.4 Å². The van der Waals surface area contributed by atoms with Crippen molar-refractivity contribution in [1.29, 1.82) is 0 Å². The van der Waals surface area contributed by atoms with Gasteiger partial charge in [0.1, 0.15) is 10.7 Å². The minimum atomic E-state index is -4.13. The van der Waals surface area contributed by atoms with E-state index in [2.05, 4.69) is 5.92 Å². The lowest BCUT2D eigenvalue weighted by atomic mass is 10.3. The summed E-state index contributed by atoms with van der Waals surface area (Å²) in [5, 5.41) is 10.4. The van der Waals surface area contributed by atoms with Gasteiger partial charge < -0.3 is 0 Å². The van der Waals surface area contributed by atoms with E-state index in [0.717, 1.165) is 12.1 Å². The van der Waals surface area contributed by atoms with Crippen molar-refractivity contribution in [2.75, 3.05) is 0 Å². The van der Waals surface area contributed by atoms with Crippen LogP contribution in [0.4, 0.5) is 10.1 Å². The summed E-state index contributed by atoms with van der Waals surface area (Å²) < 4.78 is 38.9. The molecule has 0 amide bonds. The Morgan fingerprint density at radius 1 is 1.56 bits per heavy atom. The number of rotatable bonds is 4. The molecule has 0 radical (unpaired) electrons. The predicted octanol–water partition coefficient (Wildman–Crippen LogP) is 1.03. The predicted molar refractivity (Wildman–Crippen MR) is 61.7 cm³/mol. The third kappa shape index (κ3) is 3.03. The largest absolute Gasteiger partial charge is 0.272 e. The van der Waals surface area contributed by atoms with Crippen LogP contribution in [0.2, 0.25) is 0 Å². The zero-order chi connectivity index (χ0) is 13.9. The fourth-order valence-corrected chi connectivity index (χ4v) is 2.37. The van der Waals surface area contributed by atoms with Crippen LogP contribution in [0.3, 0.4) is 0 Å². The summed E-state index contributed by atoms with van der Waals surface area (Å²) in [6.45, 7) is 1.40. The SMILES string of the molecule is C#CC(C)NS(=O)(=O)c1ccc([N+](=O)[O-])cc1F. The summed E-state index contributed by atoms with van der Waals surface area (Å²) in [6.07, 6.45) is 5.00. The molecule has 1 rings (SSSR count). The smallest absolute Gasteiger partial charge is 0.258 e. The number of nitro benzene ring substituents is 1. The molecule has 96 valence electrons. The van der Waals surface area contributed by atoms with E-state index in [-0.39, 0.29) is 0 Å². The van der Waals surface area contributed by atoms with Crippen molar-refractivity contribution in [3.63, 3.8) is 0 Å². The van der Waals surface area contributed by atoms with Crippen LogP contribution in [0.15, 0.2) is 23.1 Å². The van der Waals surface area contributed by atoms with Crippen LogP contribution < -0.4 is 4.72 Å². The zero-order valence-corrected chi connectivity index (χ0v) is 10.1. The Labute approximate surface area is 103 Å². The third-order valence-electron chi connectivity index (χ3n) is 2.00. The molecule has 0 spiro atoms. The van der Waals surface area contributed by atoms with Gasteiger partial charge >= 0.3 is 0 Å². The van der Waals surface area contributed by atoms with Crippen molar-refractivity contribution < 1.29 is 17.7 Å². The van der Waals surface area contributed by atoms with Crippen molar-refractivity contribution >= 4 is 15.7 Å². The van der Waals surface area contributed by atoms with E-state index >= 15 is 0 Å². The van der Waals surface area contributed by atoms with Gasteiger partial charge in [0, 0.05) is 6.07 Å². The van der Waals surface area contributed by atoms with E-state index in [1.54, 1.807) is 0 Å². The van der Waals surface area contributed by atoms with Gasteiger partial charge in [0.05, 0.1) is 17.0 Å². The first-order valence-corrected chi connectivity index (χ1v) is 6.18. The lowest BCUT2D eigenvalue weighted by molar-refractivity contribution is -0.385. The standard InChI is InChI=1S/C10H9FN2O4S/c1-3-7(2)12-18(16,17)10-5-4-8(13(14)15)6-9(10)11/h1,4-7,12H,2H3. The monoisotopic (exact) mass is 272 g/mol. The lowest BCUT2D eigenvalue weighted by Crippen LogP contribution is -2.32. The van der Waals surface area contributed by atoms with Gasteiger partial charge in [-0.3, -0.25) is 10.1 Å². The zero-order valence-electron chi connectivity index (χ0n) is 9.25. The first-order valence-electron chi connectivity index (χ1n) is 4.70. The van der Waals surface area contributed by atoms with Crippen molar-refractivity contribution in [1.82, 2.24) is 4.72 Å². The molecule has 0 saturated heterocycles. The fourth-order valence-electron chi connectivity index (χ4n) is 1.15. The number of benzene rings is 1. The van der Waals surface area contributed by atoms with Crippen LogP contribution in [0.5, 0.6) is 0 Å². The quantitative estimate of drug-likeness (QED) is 0.503. The van der Waals surface area contributed by atoms with Crippen LogP contribution in [0.1, 0.15) is 6.92 Å². The van der Waals surface area contributed by atoms with Crippen molar-refractivity contribution in [3.8, 4) is 12.3 Å². The van der Waals surface area contributed by atoms with Crippen molar-refractivity contribution in [2.24, 2.45) is 0 Å². The second-order valence-corrected chi connectivity index (χ2v) is 5.06. The molecule has 1 aromatic rings. The number of halogens is 1. The highest BCUT2D eigenvalue weighted by Gasteiger charge is 2.22. The molecular formula is C10H9FN2O4S. The fraction of sp³-hybridized carbons (Fsp3) is 0.200. The number of terminal acetylenes is 1. The summed E-state index contributed by atoms with van der Waals surface area (Å²) in [4.78, 5) is 8.88. The van der Waals surface area contributed by atoms with Gasteiger partial charge in [-0.1, -0.05) is 5.92 Å². The number of nitrogens with one attached hydrogen (secondary N) is 1. The molecule has 0 fully saturated rings. The van der Waals surface area contributed by atoms with Gasteiger partial charge in [-0.15, -0.1) is 6.42 Å². The number of non-ortho nitro benzene ring substituents is 1. The Kier molecular flexibility index (Phi) is 4.00. The Bertz CT molecular complexity index is 621. The highest BCUT2D eigenvalue weighted by molar-refractivity contribution is 7.89. The van der Waals surface area contributed by atoms with E-state index in [1.807, 2.05) is 4.72 Å². The summed E-state index contributed by atoms with van der Waals surface area (Å²) in [5.74, 6) is 0.911. The number of nitro groups is 1. The molecule has 18 heavy (non-hydrogen) atoms. The minimum Gasteiger partial charge on any atom is -0.258 e. The Morgan fingerprint density at radius 3 is 2.61 bits per heavy atom. The van der Waals surface area contributed by atoms with Gasteiger partial charge in [-0.2, -0.15) is 4.72 Å². The summed E-state index contributed by atoms with van der Waals surface area (Å²) in [5.41, 5.74) is -0.531. The molecule has 1 N–H and O–H groups in total. The number of hydrogen-bond acceptors (Lipinski definition) is 4. The number of hydrogen-bond donors (Lipinski definition) is 1. The molecule has 0 aliphatic carbocycles. The molecule has 0 saturated carbocycles. The van der Waals surface area contributed by atoms with E-state index in [4.69, 9.17) is 6.42 Å². The number of nitrogens with zero attached hydrogens (tertiary/aromatic N) is 1. The molecule has 6 nitrogen and oxygen atoms in total. The third-order valence-corrected chi connectivity index (χ3v) is 3.57. The second kappa shape index (κ2) is 5.12. The van der Waals surface area contributed by atoms with Gasteiger partial charge in [-0.25, -0.2) is 12.8 Å². The molecule has 1 atom stereocenters. The molecule has 0 bridgehead atoms. The second-order valence-electron chi connectivity index (χ2n) is 3.38. The molecule has 1 unspecified atom stereocenters. The minimum absolute atomic E-state index is 0.531. The molecule has 0 aromatic heterocycles. The van der Waals surface area contributed by atoms with Gasteiger partial charge in [0.15, 0.2) is 0 Å². The molecule has 0 aliphatic rings. The average Bonchev–Trinajstić information content (AvgIpc) is 2.27. The molecular weight excluding hydrogens is 263 g/mol. The van der Waals surface area contributed by atoms with E-state index in [0.29, 0.717) is 6.07 Å². The molecule has 0 aliphatic heterocycles. The summed E-state index contributed by atoms with van der Waals surface area (Å²) in [6, 6.07) is 1.44. The molecule has 8 heteroatoms. The maximum atomic E-state index is 13.5. The molecule has 1 aromatic carbocycles. The summed E-state index contributed by atoms with van der Waals surface area (Å²) >= 11 is 0. The van der Waals surface area contributed by atoms with Crippen molar-refractivity contribution in [2.45, 2.75) is 17.9 Å². The lowest BCUT2D eigenvalue weighted by Gasteiger charge is -2.09. The normalized spacial score (nSPS) is 12.7. The number of sulfonamides is 1. The topological polar surface area (TPSA) is 89.3 Å². The highest BCUT2D eigenvalue weighted by atomic mass is 32.2. The Morgan fingerprint density at radius 2 is 2.17 bits per heavy atom. The van der Waals surface area contributed by atoms with Gasteiger partial charge in [-0.05, 0) is 13.0 Å². The Balaban J connectivity index is 3.19. The van der Waals surface area contributed by atoms with E-state index in [1.165, 1.54) is 6.92 Å². The summed E-state index contributed by atoms with van der Waals surface area (Å²) in [7, 11) is -4.13. The molecule has 0 heterocycles. The van der Waals surface area contributed by atoms with Crippen LogP contribution in [-0.2, 0) is 10.0 Å². The first kappa shape index (κ1) is 14.1. The van der Waals surface area contributed by atoms with Gasteiger partial charge in [0.2, 0.25) is 10.0 Å². The van der Waals surface area contributed by atoms with E-state index in [9.17, 15) is 22.9 Å². The van der Waals surface area contributed by atoms with Crippen LogP contribution in [0, 0.1) is 28.3 Å². The van der Waals surface area contributed by atoms with Crippen molar-refractivity contribution in [3.05, 3.63) is 34.1 Å².